The Morgan fingerprint density at radius 3 is 2.29 bits per heavy atom. The van der Waals surface area contributed by atoms with Gasteiger partial charge in [-0.1, -0.05) is 23.3 Å². The number of aryl methyl sites for hydroxylation is 1. The van der Waals surface area contributed by atoms with Crippen molar-refractivity contribution in [3.05, 3.63) is 47.2 Å². The van der Waals surface area contributed by atoms with Crippen molar-refractivity contribution in [1.29, 1.82) is 0 Å². The molecule has 0 aliphatic heterocycles. The second-order valence-corrected chi connectivity index (χ2v) is 3.56. The van der Waals surface area contributed by atoms with E-state index in [1.54, 1.807) is 6.20 Å². The fourth-order valence-corrected chi connectivity index (χ4v) is 0.998. The van der Waals surface area contributed by atoms with Crippen LogP contribution in [-0.2, 0) is 0 Å². The van der Waals surface area contributed by atoms with Crippen molar-refractivity contribution in [1.82, 2.24) is 5.32 Å². The van der Waals surface area contributed by atoms with Gasteiger partial charge in [0.15, 0.2) is 0 Å². The van der Waals surface area contributed by atoms with Crippen LogP contribution in [0.4, 0.5) is 0 Å². The second kappa shape index (κ2) is 4.61. The summed E-state index contributed by atoms with van der Waals surface area (Å²) in [5, 5.41) is 2.72. The first kappa shape index (κ1) is 10.5. The molecule has 1 aromatic rings. The van der Waals surface area contributed by atoms with E-state index in [1.807, 2.05) is 45.0 Å². The summed E-state index contributed by atoms with van der Waals surface area (Å²) < 4.78 is 0. The topological polar surface area (TPSA) is 29.1 Å². The number of amides is 1. The molecule has 0 spiro atoms. The SMILES string of the molecule is CC(C)=CNC(=O)c1ccc(C)cc1. The zero-order valence-electron chi connectivity index (χ0n) is 8.79. The van der Waals surface area contributed by atoms with Crippen molar-refractivity contribution in [3.8, 4) is 0 Å². The van der Waals surface area contributed by atoms with Crippen LogP contribution < -0.4 is 5.32 Å². The summed E-state index contributed by atoms with van der Waals surface area (Å²) in [4.78, 5) is 11.5. The molecule has 1 N–H and O–H groups in total. The summed E-state index contributed by atoms with van der Waals surface area (Å²) in [5.41, 5.74) is 2.92. The maximum absolute atomic E-state index is 11.5. The minimum Gasteiger partial charge on any atom is -0.329 e. The lowest BCUT2D eigenvalue weighted by molar-refractivity contribution is 0.0970. The predicted octanol–water partition coefficient (Wildman–Crippen LogP) is 2.65. The molecule has 0 bridgehead atoms. The van der Waals surface area contributed by atoms with Gasteiger partial charge >= 0.3 is 0 Å². The van der Waals surface area contributed by atoms with Gasteiger partial charge < -0.3 is 5.32 Å². The van der Waals surface area contributed by atoms with Crippen molar-refractivity contribution in [3.63, 3.8) is 0 Å². The van der Waals surface area contributed by atoms with Gasteiger partial charge in [0.2, 0.25) is 0 Å². The van der Waals surface area contributed by atoms with Crippen LogP contribution in [0.25, 0.3) is 0 Å². The molecule has 0 aliphatic rings. The van der Waals surface area contributed by atoms with Gasteiger partial charge in [-0.2, -0.15) is 0 Å². The fourth-order valence-electron chi connectivity index (χ4n) is 0.998. The van der Waals surface area contributed by atoms with Crippen LogP contribution in [0.1, 0.15) is 29.8 Å². The van der Waals surface area contributed by atoms with Crippen LogP contribution in [0.3, 0.4) is 0 Å². The van der Waals surface area contributed by atoms with Gasteiger partial charge in [0.1, 0.15) is 0 Å². The molecule has 0 saturated heterocycles. The van der Waals surface area contributed by atoms with Crippen molar-refractivity contribution >= 4 is 5.91 Å². The zero-order valence-corrected chi connectivity index (χ0v) is 8.79. The summed E-state index contributed by atoms with van der Waals surface area (Å²) in [7, 11) is 0. The van der Waals surface area contributed by atoms with Crippen LogP contribution >= 0.6 is 0 Å². The van der Waals surface area contributed by atoms with Crippen LogP contribution in [0, 0.1) is 6.92 Å². The van der Waals surface area contributed by atoms with E-state index in [4.69, 9.17) is 0 Å². The van der Waals surface area contributed by atoms with Crippen molar-refractivity contribution in [2.45, 2.75) is 20.8 Å². The molecule has 0 aromatic heterocycles. The molecule has 14 heavy (non-hydrogen) atoms. The maximum atomic E-state index is 11.5. The van der Waals surface area contributed by atoms with Crippen molar-refractivity contribution in [2.24, 2.45) is 0 Å². The summed E-state index contributed by atoms with van der Waals surface area (Å²) in [5.74, 6) is -0.0637. The minimum atomic E-state index is -0.0637. The smallest absolute Gasteiger partial charge is 0.255 e. The molecule has 0 radical (unpaired) electrons. The van der Waals surface area contributed by atoms with Gasteiger partial charge in [-0.05, 0) is 32.9 Å². The maximum Gasteiger partial charge on any atom is 0.255 e. The lowest BCUT2D eigenvalue weighted by atomic mass is 10.1. The number of nitrogens with one attached hydrogen (secondary N) is 1. The number of carbonyl (C=O) groups excluding carboxylic acids is 1. The van der Waals surface area contributed by atoms with Crippen LogP contribution in [-0.4, -0.2) is 5.91 Å². The number of benzene rings is 1. The lowest BCUT2D eigenvalue weighted by Gasteiger charge is -2.01. The summed E-state index contributed by atoms with van der Waals surface area (Å²) in [6.45, 7) is 5.88. The van der Waals surface area contributed by atoms with E-state index in [9.17, 15) is 4.79 Å². The molecule has 0 atom stereocenters. The lowest BCUT2D eigenvalue weighted by Crippen LogP contribution is -2.17. The molecule has 0 fully saturated rings. The Labute approximate surface area is 84.6 Å². The fraction of sp³-hybridized carbons (Fsp3) is 0.250. The molecule has 1 aromatic carbocycles. The number of carbonyl (C=O) groups is 1. The van der Waals surface area contributed by atoms with Crippen LogP contribution in [0.15, 0.2) is 36.0 Å². The number of rotatable bonds is 2. The van der Waals surface area contributed by atoms with Crippen LogP contribution in [0.2, 0.25) is 0 Å². The Hall–Kier alpha value is -1.57. The highest BCUT2D eigenvalue weighted by Gasteiger charge is 2.01. The standard InChI is InChI=1S/C12H15NO/c1-9(2)8-13-12(14)11-6-4-10(3)5-7-11/h4-8H,1-3H3,(H,13,14). The van der Waals surface area contributed by atoms with E-state index >= 15 is 0 Å². The van der Waals surface area contributed by atoms with E-state index in [2.05, 4.69) is 5.32 Å². The highest BCUT2D eigenvalue weighted by molar-refractivity contribution is 5.94. The van der Waals surface area contributed by atoms with Gasteiger partial charge in [0.25, 0.3) is 5.91 Å². The number of hydrogen-bond acceptors (Lipinski definition) is 1. The van der Waals surface area contributed by atoms with Gasteiger partial charge in [0, 0.05) is 11.8 Å². The average molecular weight is 189 g/mol. The molecule has 2 heteroatoms. The quantitative estimate of drug-likeness (QED) is 0.761. The highest BCUT2D eigenvalue weighted by atomic mass is 16.1. The first-order valence-electron chi connectivity index (χ1n) is 4.60. The van der Waals surface area contributed by atoms with Gasteiger partial charge in [-0.3, -0.25) is 4.79 Å². The van der Waals surface area contributed by atoms with Gasteiger partial charge in [-0.15, -0.1) is 0 Å². The molecule has 0 saturated carbocycles. The van der Waals surface area contributed by atoms with Crippen LogP contribution in [0.5, 0.6) is 0 Å². The molecule has 1 rings (SSSR count). The Morgan fingerprint density at radius 2 is 1.79 bits per heavy atom. The minimum absolute atomic E-state index is 0.0637. The van der Waals surface area contributed by atoms with Gasteiger partial charge in [0.05, 0.1) is 0 Å². The number of hydrogen-bond donors (Lipinski definition) is 1. The molecule has 74 valence electrons. The molecular weight excluding hydrogens is 174 g/mol. The molecular formula is C12H15NO. The third kappa shape index (κ3) is 3.05. The second-order valence-electron chi connectivity index (χ2n) is 3.56. The molecule has 0 unspecified atom stereocenters. The third-order valence-electron chi connectivity index (χ3n) is 1.81. The first-order chi connectivity index (χ1) is 6.59. The summed E-state index contributed by atoms with van der Waals surface area (Å²) >= 11 is 0. The zero-order chi connectivity index (χ0) is 10.6. The third-order valence-corrected chi connectivity index (χ3v) is 1.81. The Bertz CT molecular complexity index is 345. The molecule has 0 aliphatic carbocycles. The van der Waals surface area contributed by atoms with E-state index in [1.165, 1.54) is 0 Å². The summed E-state index contributed by atoms with van der Waals surface area (Å²) in [6, 6.07) is 7.50. The highest BCUT2D eigenvalue weighted by Crippen LogP contribution is 2.02. The van der Waals surface area contributed by atoms with E-state index in [-0.39, 0.29) is 5.91 Å². The van der Waals surface area contributed by atoms with Crippen molar-refractivity contribution in [2.75, 3.05) is 0 Å². The Kier molecular flexibility index (Phi) is 3.46. The normalized spacial score (nSPS) is 9.36. The molecule has 1 amide bonds. The predicted molar refractivity (Wildman–Crippen MR) is 58.1 cm³/mol. The number of allylic oxidation sites excluding steroid dienone is 1. The Balaban J connectivity index is 2.70. The first-order valence-corrected chi connectivity index (χ1v) is 4.60. The summed E-state index contributed by atoms with van der Waals surface area (Å²) in [6.07, 6.45) is 1.71. The monoisotopic (exact) mass is 189 g/mol. The van der Waals surface area contributed by atoms with E-state index in [0.29, 0.717) is 5.56 Å². The molecule has 2 nitrogen and oxygen atoms in total. The molecule has 0 heterocycles. The van der Waals surface area contributed by atoms with Gasteiger partial charge in [-0.25, -0.2) is 0 Å². The Morgan fingerprint density at radius 1 is 1.21 bits per heavy atom. The van der Waals surface area contributed by atoms with E-state index in [0.717, 1.165) is 11.1 Å². The average Bonchev–Trinajstić information content (AvgIpc) is 2.15. The van der Waals surface area contributed by atoms with E-state index < -0.39 is 0 Å². The largest absolute Gasteiger partial charge is 0.329 e. The van der Waals surface area contributed by atoms with Crippen molar-refractivity contribution < 1.29 is 4.79 Å².